The Morgan fingerprint density at radius 3 is 2.04 bits per heavy atom. The molecular weight excluding hydrogens is 327 g/mol. The Morgan fingerprint density at radius 2 is 1.30 bits per heavy atom. The van der Waals surface area contributed by atoms with Crippen molar-refractivity contribution >= 4 is 34.2 Å². The van der Waals surface area contributed by atoms with Gasteiger partial charge in [-0.25, -0.2) is 0 Å². The van der Waals surface area contributed by atoms with Gasteiger partial charge in [0, 0.05) is 26.6 Å². The molecule has 0 aliphatic carbocycles. The van der Waals surface area contributed by atoms with Gasteiger partial charge >= 0.3 is 0 Å². The molecule has 112 valence electrons. The van der Waals surface area contributed by atoms with Crippen molar-refractivity contribution in [1.82, 2.24) is 0 Å². The predicted octanol–water partition coefficient (Wildman–Crippen LogP) is 7.07. The van der Waals surface area contributed by atoms with Crippen LogP contribution in [0.2, 0.25) is 10.0 Å². The summed E-state index contributed by atoms with van der Waals surface area (Å²) in [4.78, 5) is 0. The third-order valence-electron chi connectivity index (χ3n) is 3.80. The highest BCUT2D eigenvalue weighted by molar-refractivity contribution is 6.31. The fourth-order valence-electron chi connectivity index (χ4n) is 2.81. The summed E-state index contributed by atoms with van der Waals surface area (Å²) in [6.07, 6.45) is 0. The molecule has 0 saturated heterocycles. The van der Waals surface area contributed by atoms with Crippen LogP contribution in [0, 0.1) is 0 Å². The second-order valence-corrected chi connectivity index (χ2v) is 6.20. The third kappa shape index (κ3) is 2.63. The van der Waals surface area contributed by atoms with Gasteiger partial charge in [-0.15, -0.1) is 0 Å². The molecule has 3 heteroatoms. The van der Waals surface area contributed by atoms with Crippen LogP contribution < -0.4 is 0 Å². The zero-order valence-electron chi connectivity index (χ0n) is 12.1. The normalized spacial score (nSPS) is 11.0. The van der Waals surface area contributed by atoms with Gasteiger partial charge in [-0.05, 0) is 35.9 Å². The van der Waals surface area contributed by atoms with Crippen LogP contribution in [0.3, 0.4) is 0 Å². The van der Waals surface area contributed by atoms with Gasteiger partial charge in [0.2, 0.25) is 0 Å². The molecule has 0 bridgehead atoms. The fourth-order valence-corrected chi connectivity index (χ4v) is 3.19. The second-order valence-electron chi connectivity index (χ2n) is 5.32. The molecule has 0 aliphatic heterocycles. The maximum atomic E-state index is 6.18. The second kappa shape index (κ2) is 5.77. The van der Waals surface area contributed by atoms with E-state index < -0.39 is 0 Å². The maximum absolute atomic E-state index is 6.18. The lowest BCUT2D eigenvalue weighted by atomic mass is 9.99. The van der Waals surface area contributed by atoms with Gasteiger partial charge in [-0.3, -0.25) is 0 Å². The van der Waals surface area contributed by atoms with E-state index in [1.165, 1.54) is 0 Å². The minimum absolute atomic E-state index is 0.681. The number of halogens is 2. The summed E-state index contributed by atoms with van der Waals surface area (Å²) in [7, 11) is 0. The standard InChI is InChI=1S/C20H12Cl2O/c21-15-7-3-5-13(11-15)19-17-9-1-2-10-18(17)23-20(19)14-6-4-8-16(22)12-14/h1-12H. The van der Waals surface area contributed by atoms with Crippen LogP contribution in [0.4, 0.5) is 0 Å². The molecule has 23 heavy (non-hydrogen) atoms. The van der Waals surface area contributed by atoms with E-state index in [2.05, 4.69) is 6.07 Å². The van der Waals surface area contributed by atoms with Crippen LogP contribution in [0.25, 0.3) is 33.4 Å². The summed E-state index contributed by atoms with van der Waals surface area (Å²) in [5.41, 5.74) is 3.85. The Labute approximate surface area is 144 Å². The van der Waals surface area contributed by atoms with Crippen molar-refractivity contribution in [3.8, 4) is 22.5 Å². The van der Waals surface area contributed by atoms with Gasteiger partial charge in [0.1, 0.15) is 11.3 Å². The number of para-hydroxylation sites is 1. The van der Waals surface area contributed by atoms with Crippen LogP contribution in [0.15, 0.2) is 77.2 Å². The van der Waals surface area contributed by atoms with E-state index in [1.54, 1.807) is 0 Å². The first-order chi connectivity index (χ1) is 11.2. The van der Waals surface area contributed by atoms with Gasteiger partial charge in [-0.1, -0.05) is 65.7 Å². The van der Waals surface area contributed by atoms with Crippen LogP contribution in [0.1, 0.15) is 0 Å². The van der Waals surface area contributed by atoms with E-state index in [1.807, 2.05) is 66.7 Å². The third-order valence-corrected chi connectivity index (χ3v) is 4.27. The number of hydrogen-bond acceptors (Lipinski definition) is 1. The van der Waals surface area contributed by atoms with E-state index in [0.717, 1.165) is 33.4 Å². The Kier molecular flexibility index (Phi) is 3.60. The molecule has 0 atom stereocenters. The predicted molar refractivity (Wildman–Crippen MR) is 97.1 cm³/mol. The molecule has 0 radical (unpaired) electrons. The fraction of sp³-hybridized carbons (Fsp3) is 0. The van der Waals surface area contributed by atoms with E-state index in [4.69, 9.17) is 27.6 Å². The van der Waals surface area contributed by atoms with E-state index >= 15 is 0 Å². The number of rotatable bonds is 2. The molecule has 1 aromatic heterocycles. The Balaban J connectivity index is 2.06. The Morgan fingerprint density at radius 1 is 0.652 bits per heavy atom. The smallest absolute Gasteiger partial charge is 0.143 e. The first kappa shape index (κ1) is 14.4. The Bertz CT molecular complexity index is 1000. The largest absolute Gasteiger partial charge is 0.455 e. The molecule has 4 rings (SSSR count). The van der Waals surface area contributed by atoms with Crippen molar-refractivity contribution in [1.29, 1.82) is 0 Å². The summed E-state index contributed by atoms with van der Waals surface area (Å²) in [5.74, 6) is 0.802. The first-order valence-electron chi connectivity index (χ1n) is 7.26. The molecule has 1 nitrogen and oxygen atoms in total. The molecule has 0 amide bonds. The average molecular weight is 339 g/mol. The zero-order valence-corrected chi connectivity index (χ0v) is 13.6. The van der Waals surface area contributed by atoms with Gasteiger partial charge in [-0.2, -0.15) is 0 Å². The first-order valence-corrected chi connectivity index (χ1v) is 8.01. The molecular formula is C20H12Cl2O. The highest BCUT2D eigenvalue weighted by Gasteiger charge is 2.17. The lowest BCUT2D eigenvalue weighted by molar-refractivity contribution is 0.632. The van der Waals surface area contributed by atoms with Crippen molar-refractivity contribution in [2.45, 2.75) is 0 Å². The molecule has 3 aromatic carbocycles. The molecule has 0 spiro atoms. The summed E-state index contributed by atoms with van der Waals surface area (Å²) < 4.78 is 6.13. The lowest BCUT2D eigenvalue weighted by Gasteiger charge is -2.05. The highest BCUT2D eigenvalue weighted by atomic mass is 35.5. The van der Waals surface area contributed by atoms with E-state index in [-0.39, 0.29) is 0 Å². The van der Waals surface area contributed by atoms with E-state index in [0.29, 0.717) is 10.0 Å². The highest BCUT2D eigenvalue weighted by Crippen LogP contribution is 2.41. The number of fused-ring (bicyclic) bond motifs is 1. The van der Waals surface area contributed by atoms with E-state index in [9.17, 15) is 0 Å². The monoisotopic (exact) mass is 338 g/mol. The zero-order chi connectivity index (χ0) is 15.8. The summed E-state index contributed by atoms with van der Waals surface area (Å²) in [6, 6.07) is 23.5. The number of benzene rings is 3. The lowest BCUT2D eigenvalue weighted by Crippen LogP contribution is -1.81. The van der Waals surface area contributed by atoms with Crippen LogP contribution in [-0.2, 0) is 0 Å². The van der Waals surface area contributed by atoms with Crippen LogP contribution in [-0.4, -0.2) is 0 Å². The quantitative estimate of drug-likeness (QED) is 0.380. The number of furan rings is 1. The summed E-state index contributed by atoms with van der Waals surface area (Å²) in [5, 5.41) is 2.44. The minimum Gasteiger partial charge on any atom is -0.455 e. The maximum Gasteiger partial charge on any atom is 0.143 e. The SMILES string of the molecule is Clc1cccc(-c2oc3ccccc3c2-c2cccc(Cl)c2)c1. The van der Waals surface area contributed by atoms with Gasteiger partial charge in [0.05, 0.1) is 0 Å². The van der Waals surface area contributed by atoms with Crippen molar-refractivity contribution < 1.29 is 4.42 Å². The average Bonchev–Trinajstić information content (AvgIpc) is 2.94. The van der Waals surface area contributed by atoms with Crippen molar-refractivity contribution in [2.75, 3.05) is 0 Å². The summed E-state index contributed by atoms with van der Waals surface area (Å²) in [6.45, 7) is 0. The van der Waals surface area contributed by atoms with Crippen molar-refractivity contribution in [3.05, 3.63) is 82.8 Å². The molecule has 0 aliphatic rings. The van der Waals surface area contributed by atoms with Gasteiger partial charge in [0.15, 0.2) is 0 Å². The van der Waals surface area contributed by atoms with Crippen molar-refractivity contribution in [3.63, 3.8) is 0 Å². The molecule has 0 N–H and O–H groups in total. The van der Waals surface area contributed by atoms with Gasteiger partial charge < -0.3 is 4.42 Å². The molecule has 1 heterocycles. The van der Waals surface area contributed by atoms with Crippen molar-refractivity contribution in [2.24, 2.45) is 0 Å². The molecule has 4 aromatic rings. The summed E-state index contributed by atoms with van der Waals surface area (Å²) >= 11 is 12.3. The molecule has 0 saturated carbocycles. The van der Waals surface area contributed by atoms with Crippen LogP contribution in [0.5, 0.6) is 0 Å². The van der Waals surface area contributed by atoms with Gasteiger partial charge in [0.25, 0.3) is 0 Å². The Hall–Kier alpha value is -2.22. The minimum atomic E-state index is 0.681. The number of hydrogen-bond donors (Lipinski definition) is 0. The van der Waals surface area contributed by atoms with Crippen LogP contribution >= 0.6 is 23.2 Å². The molecule has 0 unspecified atom stereocenters. The molecule has 0 fully saturated rings. The topological polar surface area (TPSA) is 13.1 Å².